The van der Waals surface area contributed by atoms with Gasteiger partial charge in [-0.2, -0.15) is 0 Å². The van der Waals surface area contributed by atoms with Crippen molar-refractivity contribution in [1.82, 2.24) is 4.98 Å². The van der Waals surface area contributed by atoms with Crippen molar-refractivity contribution in [2.45, 2.75) is 6.92 Å². The van der Waals surface area contributed by atoms with Gasteiger partial charge in [0.1, 0.15) is 11.5 Å². The van der Waals surface area contributed by atoms with Gasteiger partial charge in [-0.25, -0.2) is 4.79 Å². The number of carboxylic acid groups (broad SMARTS) is 1. The predicted octanol–water partition coefficient (Wildman–Crippen LogP) is 3.49. The monoisotopic (exact) mass is 355 g/mol. The quantitative estimate of drug-likeness (QED) is 0.857. The molecule has 0 saturated carbocycles. The maximum absolute atomic E-state index is 10.9. The lowest BCUT2D eigenvalue weighted by Crippen LogP contribution is -1.98. The summed E-state index contributed by atoms with van der Waals surface area (Å²) in [6, 6.07) is 6.54. The van der Waals surface area contributed by atoms with Crippen LogP contribution in [0, 0.1) is 10.5 Å². The number of aryl methyl sites for hydroxylation is 1. The molecule has 4 nitrogen and oxygen atoms in total. The van der Waals surface area contributed by atoms with Crippen molar-refractivity contribution in [1.29, 1.82) is 0 Å². The highest BCUT2D eigenvalue weighted by Gasteiger charge is 2.09. The molecule has 2 rings (SSSR count). The number of pyridine rings is 1. The van der Waals surface area contributed by atoms with E-state index in [0.29, 0.717) is 11.5 Å². The summed E-state index contributed by atoms with van der Waals surface area (Å²) in [5, 5.41) is 8.95. The zero-order valence-corrected chi connectivity index (χ0v) is 11.7. The number of aromatic nitrogens is 1. The van der Waals surface area contributed by atoms with Crippen molar-refractivity contribution in [3.8, 4) is 11.5 Å². The van der Waals surface area contributed by atoms with Crippen LogP contribution in [0.2, 0.25) is 0 Å². The number of rotatable bonds is 3. The summed E-state index contributed by atoms with van der Waals surface area (Å²) in [6.45, 7) is 1.89. The fourth-order valence-electron chi connectivity index (χ4n) is 1.41. The fraction of sp³-hybridized carbons (Fsp3) is 0.0769. The fourth-order valence-corrected chi connectivity index (χ4v) is 1.85. The lowest BCUT2D eigenvalue weighted by atomic mass is 10.2. The molecule has 18 heavy (non-hydrogen) atoms. The smallest absolute Gasteiger partial charge is 0.335 e. The first kappa shape index (κ1) is 12.8. The third kappa shape index (κ3) is 2.79. The highest BCUT2D eigenvalue weighted by Crippen LogP contribution is 2.29. The third-order valence-electron chi connectivity index (χ3n) is 2.37. The maximum Gasteiger partial charge on any atom is 0.335 e. The van der Waals surface area contributed by atoms with Crippen molar-refractivity contribution < 1.29 is 14.6 Å². The van der Waals surface area contributed by atoms with Gasteiger partial charge in [0.15, 0.2) is 0 Å². The van der Waals surface area contributed by atoms with E-state index >= 15 is 0 Å². The molecule has 1 aromatic heterocycles. The molecule has 0 amide bonds. The molecule has 0 spiro atoms. The Balaban J connectivity index is 2.37. The van der Waals surface area contributed by atoms with Crippen LogP contribution < -0.4 is 4.74 Å². The van der Waals surface area contributed by atoms with Crippen LogP contribution in [0.25, 0.3) is 0 Å². The molecule has 1 N–H and O–H groups in total. The zero-order valence-electron chi connectivity index (χ0n) is 9.55. The van der Waals surface area contributed by atoms with Gasteiger partial charge in [-0.3, -0.25) is 4.98 Å². The van der Waals surface area contributed by atoms with E-state index in [1.807, 2.05) is 6.92 Å². The first-order valence-electron chi connectivity index (χ1n) is 5.19. The Morgan fingerprint density at radius 1 is 1.33 bits per heavy atom. The normalized spacial score (nSPS) is 10.1. The number of hydrogen-bond acceptors (Lipinski definition) is 3. The van der Waals surface area contributed by atoms with Gasteiger partial charge in [-0.1, -0.05) is 0 Å². The second-order valence-corrected chi connectivity index (χ2v) is 4.86. The SMILES string of the molecule is Cc1cnccc1Oc1cc(C(=O)O)ccc1I. The highest BCUT2D eigenvalue weighted by molar-refractivity contribution is 14.1. The molecule has 0 aliphatic rings. The van der Waals surface area contributed by atoms with Crippen LogP contribution in [-0.2, 0) is 0 Å². The average molecular weight is 355 g/mol. The standard InChI is InChI=1S/C13H10INO3/c1-8-7-15-5-4-11(8)18-12-6-9(13(16)17)2-3-10(12)14/h2-7H,1H3,(H,16,17). The Hall–Kier alpha value is -1.63. The summed E-state index contributed by atoms with van der Waals surface area (Å²) < 4.78 is 6.58. The van der Waals surface area contributed by atoms with Gasteiger partial charge in [0.25, 0.3) is 0 Å². The molecule has 0 fully saturated rings. The molecule has 0 atom stereocenters. The molecule has 1 heterocycles. The van der Waals surface area contributed by atoms with Crippen molar-refractivity contribution >= 4 is 28.6 Å². The van der Waals surface area contributed by atoms with Gasteiger partial charge >= 0.3 is 5.97 Å². The number of carbonyl (C=O) groups is 1. The summed E-state index contributed by atoms with van der Waals surface area (Å²) in [7, 11) is 0. The van der Waals surface area contributed by atoms with Crippen molar-refractivity contribution in [3.63, 3.8) is 0 Å². The van der Waals surface area contributed by atoms with E-state index in [1.165, 1.54) is 6.07 Å². The van der Waals surface area contributed by atoms with Crippen LogP contribution in [0.4, 0.5) is 0 Å². The van der Waals surface area contributed by atoms with E-state index in [2.05, 4.69) is 27.6 Å². The van der Waals surface area contributed by atoms with Crippen molar-refractivity contribution in [2.24, 2.45) is 0 Å². The lowest BCUT2D eigenvalue weighted by molar-refractivity contribution is 0.0696. The Morgan fingerprint density at radius 3 is 2.78 bits per heavy atom. The van der Waals surface area contributed by atoms with Crippen molar-refractivity contribution in [2.75, 3.05) is 0 Å². The van der Waals surface area contributed by atoms with Crippen LogP contribution in [0.3, 0.4) is 0 Å². The topological polar surface area (TPSA) is 59.4 Å². The molecule has 0 aliphatic heterocycles. The van der Waals surface area contributed by atoms with E-state index in [-0.39, 0.29) is 5.56 Å². The van der Waals surface area contributed by atoms with E-state index in [0.717, 1.165) is 9.13 Å². The number of benzene rings is 1. The molecular weight excluding hydrogens is 345 g/mol. The third-order valence-corrected chi connectivity index (χ3v) is 3.26. The second-order valence-electron chi connectivity index (χ2n) is 3.69. The Morgan fingerprint density at radius 2 is 2.11 bits per heavy atom. The first-order chi connectivity index (χ1) is 8.58. The molecular formula is C13H10INO3. The largest absolute Gasteiger partial charge is 0.478 e. The number of ether oxygens (including phenoxy) is 1. The summed E-state index contributed by atoms with van der Waals surface area (Å²) >= 11 is 2.11. The Bertz CT molecular complexity index is 599. The van der Waals surface area contributed by atoms with Gasteiger partial charge in [0.05, 0.1) is 9.13 Å². The second kappa shape index (κ2) is 5.34. The first-order valence-corrected chi connectivity index (χ1v) is 6.27. The summed E-state index contributed by atoms with van der Waals surface area (Å²) in [5.41, 5.74) is 1.10. The summed E-state index contributed by atoms with van der Waals surface area (Å²) in [5.74, 6) is 0.234. The summed E-state index contributed by atoms with van der Waals surface area (Å²) in [4.78, 5) is 14.9. The summed E-state index contributed by atoms with van der Waals surface area (Å²) in [6.07, 6.45) is 3.33. The molecule has 0 aliphatic carbocycles. The molecule has 5 heteroatoms. The minimum Gasteiger partial charge on any atom is -0.478 e. The molecule has 92 valence electrons. The van der Waals surface area contributed by atoms with Crippen molar-refractivity contribution in [3.05, 3.63) is 51.4 Å². The molecule has 1 aromatic carbocycles. The lowest BCUT2D eigenvalue weighted by Gasteiger charge is -2.10. The van der Waals surface area contributed by atoms with Gasteiger partial charge < -0.3 is 9.84 Å². The predicted molar refractivity (Wildman–Crippen MR) is 75.2 cm³/mol. The van der Waals surface area contributed by atoms with Gasteiger partial charge in [-0.15, -0.1) is 0 Å². The molecule has 0 radical (unpaired) electrons. The van der Waals surface area contributed by atoms with E-state index in [9.17, 15) is 4.79 Å². The number of halogens is 1. The van der Waals surface area contributed by atoms with Gasteiger partial charge in [0, 0.05) is 18.0 Å². The van der Waals surface area contributed by atoms with Gasteiger partial charge in [-0.05, 0) is 53.8 Å². The molecule has 0 bridgehead atoms. The highest BCUT2D eigenvalue weighted by atomic mass is 127. The molecule has 0 saturated heterocycles. The number of hydrogen-bond donors (Lipinski definition) is 1. The number of nitrogens with zero attached hydrogens (tertiary/aromatic N) is 1. The molecule has 2 aromatic rings. The maximum atomic E-state index is 10.9. The van der Waals surface area contributed by atoms with Crippen LogP contribution in [0.1, 0.15) is 15.9 Å². The van der Waals surface area contributed by atoms with E-state index in [1.54, 1.807) is 30.6 Å². The van der Waals surface area contributed by atoms with Crippen LogP contribution in [0.15, 0.2) is 36.7 Å². The molecule has 0 unspecified atom stereocenters. The number of carboxylic acids is 1. The number of aromatic carboxylic acids is 1. The average Bonchev–Trinajstić information content (AvgIpc) is 2.34. The zero-order chi connectivity index (χ0) is 13.1. The van der Waals surface area contributed by atoms with Gasteiger partial charge in [0.2, 0.25) is 0 Å². The van der Waals surface area contributed by atoms with E-state index < -0.39 is 5.97 Å². The Labute approximate surface area is 118 Å². The van der Waals surface area contributed by atoms with Crippen LogP contribution in [-0.4, -0.2) is 16.1 Å². The minimum atomic E-state index is -0.970. The van der Waals surface area contributed by atoms with Crippen LogP contribution >= 0.6 is 22.6 Å². The Kier molecular flexibility index (Phi) is 3.81. The minimum absolute atomic E-state index is 0.206. The van der Waals surface area contributed by atoms with E-state index in [4.69, 9.17) is 9.84 Å². The van der Waals surface area contributed by atoms with Crippen LogP contribution in [0.5, 0.6) is 11.5 Å².